The van der Waals surface area contributed by atoms with Crippen LogP contribution in [0.15, 0.2) is 42.5 Å². The summed E-state index contributed by atoms with van der Waals surface area (Å²) in [5.41, 5.74) is 2.70. The lowest BCUT2D eigenvalue weighted by atomic mass is 9.98. The van der Waals surface area contributed by atoms with Gasteiger partial charge in [-0.25, -0.2) is 9.78 Å². The van der Waals surface area contributed by atoms with Crippen LogP contribution in [0.5, 0.6) is 0 Å². The monoisotopic (exact) mass is 331 g/mol. The Balaban J connectivity index is 2.46. The summed E-state index contributed by atoms with van der Waals surface area (Å²) < 4.78 is 0. The standard InChI is InChI=1S/C17H11Cl2NO2/c1-9-13(17(21)22)14-12(8-7-11(18)15(14)19)20-16(9)10-5-3-2-4-6-10/h2-8H,1H3,(H,21,22). The molecule has 2 aromatic carbocycles. The van der Waals surface area contributed by atoms with Gasteiger partial charge in [0.25, 0.3) is 0 Å². The molecule has 0 unspecified atom stereocenters. The molecule has 0 aliphatic carbocycles. The summed E-state index contributed by atoms with van der Waals surface area (Å²) in [7, 11) is 0. The molecule has 0 bridgehead atoms. The predicted molar refractivity (Wildman–Crippen MR) is 88.9 cm³/mol. The third-order valence-electron chi connectivity index (χ3n) is 3.55. The Morgan fingerprint density at radius 1 is 1.09 bits per heavy atom. The number of nitrogens with zero attached hydrogens (tertiary/aromatic N) is 1. The molecule has 0 saturated carbocycles. The zero-order valence-corrected chi connectivity index (χ0v) is 13.1. The minimum Gasteiger partial charge on any atom is -0.478 e. The molecule has 0 atom stereocenters. The maximum atomic E-state index is 11.8. The second kappa shape index (κ2) is 5.59. The van der Waals surface area contributed by atoms with Gasteiger partial charge in [-0.1, -0.05) is 53.5 Å². The van der Waals surface area contributed by atoms with Gasteiger partial charge in [-0.05, 0) is 24.6 Å². The molecule has 1 heterocycles. The van der Waals surface area contributed by atoms with Crippen LogP contribution in [0.4, 0.5) is 0 Å². The maximum Gasteiger partial charge on any atom is 0.336 e. The van der Waals surface area contributed by atoms with Crippen molar-refractivity contribution in [2.45, 2.75) is 6.92 Å². The van der Waals surface area contributed by atoms with E-state index in [9.17, 15) is 9.90 Å². The second-order valence-electron chi connectivity index (χ2n) is 4.89. The normalized spacial score (nSPS) is 10.9. The Morgan fingerprint density at radius 3 is 2.41 bits per heavy atom. The van der Waals surface area contributed by atoms with Gasteiger partial charge in [0, 0.05) is 10.9 Å². The molecule has 3 rings (SSSR count). The largest absolute Gasteiger partial charge is 0.478 e. The molecule has 3 aromatic rings. The Hall–Kier alpha value is -2.10. The number of fused-ring (bicyclic) bond motifs is 1. The molecule has 1 N–H and O–H groups in total. The first kappa shape index (κ1) is 14.8. The highest BCUT2D eigenvalue weighted by Crippen LogP contribution is 2.36. The van der Waals surface area contributed by atoms with Crippen molar-refractivity contribution in [1.82, 2.24) is 4.98 Å². The number of hydrogen-bond donors (Lipinski definition) is 1. The van der Waals surface area contributed by atoms with E-state index in [2.05, 4.69) is 4.98 Å². The van der Waals surface area contributed by atoms with E-state index in [4.69, 9.17) is 23.2 Å². The molecule has 0 saturated heterocycles. The fraction of sp³-hybridized carbons (Fsp3) is 0.0588. The second-order valence-corrected chi connectivity index (χ2v) is 5.67. The molecule has 110 valence electrons. The number of benzene rings is 2. The van der Waals surface area contributed by atoms with E-state index < -0.39 is 5.97 Å². The third kappa shape index (κ3) is 2.32. The summed E-state index contributed by atoms with van der Waals surface area (Å²) in [5.74, 6) is -1.05. The van der Waals surface area contributed by atoms with Crippen molar-refractivity contribution in [3.05, 3.63) is 63.6 Å². The van der Waals surface area contributed by atoms with Crippen molar-refractivity contribution in [1.29, 1.82) is 0 Å². The first-order valence-electron chi connectivity index (χ1n) is 6.57. The van der Waals surface area contributed by atoms with Gasteiger partial charge in [0.1, 0.15) is 0 Å². The molecule has 0 aliphatic heterocycles. The van der Waals surface area contributed by atoms with Crippen molar-refractivity contribution < 1.29 is 9.90 Å². The summed E-state index contributed by atoms with van der Waals surface area (Å²) in [6, 6.07) is 12.8. The summed E-state index contributed by atoms with van der Waals surface area (Å²) in [4.78, 5) is 16.3. The van der Waals surface area contributed by atoms with Gasteiger partial charge >= 0.3 is 5.97 Å². The highest BCUT2D eigenvalue weighted by molar-refractivity contribution is 6.46. The zero-order chi connectivity index (χ0) is 15.9. The number of aromatic nitrogens is 1. The lowest BCUT2D eigenvalue weighted by Gasteiger charge is -2.13. The average Bonchev–Trinajstić information content (AvgIpc) is 2.51. The lowest BCUT2D eigenvalue weighted by molar-refractivity contribution is 0.0698. The van der Waals surface area contributed by atoms with Crippen LogP contribution in [-0.4, -0.2) is 16.1 Å². The Kier molecular flexibility index (Phi) is 3.77. The topological polar surface area (TPSA) is 50.2 Å². The van der Waals surface area contributed by atoms with Crippen LogP contribution in [-0.2, 0) is 0 Å². The smallest absolute Gasteiger partial charge is 0.336 e. The van der Waals surface area contributed by atoms with E-state index in [0.29, 0.717) is 27.2 Å². The molecule has 3 nitrogen and oxygen atoms in total. The molecular formula is C17H11Cl2NO2. The molecule has 22 heavy (non-hydrogen) atoms. The molecular weight excluding hydrogens is 321 g/mol. The minimum absolute atomic E-state index is 0.136. The number of carboxylic acid groups (broad SMARTS) is 1. The number of pyridine rings is 1. The van der Waals surface area contributed by atoms with Gasteiger partial charge in [-0.2, -0.15) is 0 Å². The molecule has 5 heteroatoms. The zero-order valence-electron chi connectivity index (χ0n) is 11.6. The van der Waals surface area contributed by atoms with E-state index in [0.717, 1.165) is 5.56 Å². The van der Waals surface area contributed by atoms with E-state index in [1.165, 1.54) is 0 Å². The highest BCUT2D eigenvalue weighted by Gasteiger charge is 2.21. The summed E-state index contributed by atoms with van der Waals surface area (Å²) in [5, 5.41) is 10.5. The van der Waals surface area contributed by atoms with E-state index in [1.54, 1.807) is 19.1 Å². The van der Waals surface area contributed by atoms with Crippen LogP contribution in [0.3, 0.4) is 0 Å². The number of rotatable bonds is 2. The average molecular weight is 332 g/mol. The quantitative estimate of drug-likeness (QED) is 0.700. The molecule has 0 aliphatic rings. The summed E-state index contributed by atoms with van der Waals surface area (Å²) in [6.45, 7) is 1.73. The SMILES string of the molecule is Cc1c(-c2ccccc2)nc2ccc(Cl)c(Cl)c2c1C(=O)O. The fourth-order valence-corrected chi connectivity index (χ4v) is 2.94. The number of hydrogen-bond acceptors (Lipinski definition) is 2. The highest BCUT2D eigenvalue weighted by atomic mass is 35.5. The van der Waals surface area contributed by atoms with Gasteiger partial charge < -0.3 is 5.11 Å². The van der Waals surface area contributed by atoms with Gasteiger partial charge in [0.15, 0.2) is 0 Å². The summed E-state index contributed by atoms with van der Waals surface area (Å²) in [6.07, 6.45) is 0. The lowest BCUT2D eigenvalue weighted by Crippen LogP contribution is -2.05. The van der Waals surface area contributed by atoms with E-state index >= 15 is 0 Å². The minimum atomic E-state index is -1.05. The molecule has 0 radical (unpaired) electrons. The number of carbonyl (C=O) groups is 1. The fourth-order valence-electron chi connectivity index (χ4n) is 2.53. The Labute approximate surface area is 137 Å². The molecule has 1 aromatic heterocycles. The molecule has 0 fully saturated rings. The third-order valence-corrected chi connectivity index (χ3v) is 4.35. The number of aromatic carboxylic acids is 1. The first-order chi connectivity index (χ1) is 10.5. The van der Waals surface area contributed by atoms with Crippen LogP contribution in [0.25, 0.3) is 22.2 Å². The van der Waals surface area contributed by atoms with Crippen LogP contribution in [0.2, 0.25) is 10.0 Å². The van der Waals surface area contributed by atoms with E-state index in [1.807, 2.05) is 30.3 Å². The first-order valence-corrected chi connectivity index (χ1v) is 7.33. The van der Waals surface area contributed by atoms with Crippen LogP contribution in [0, 0.1) is 6.92 Å². The van der Waals surface area contributed by atoms with Gasteiger partial charge in [0.05, 0.1) is 26.8 Å². The van der Waals surface area contributed by atoms with Crippen molar-refractivity contribution >= 4 is 40.1 Å². The van der Waals surface area contributed by atoms with Gasteiger partial charge in [0.2, 0.25) is 0 Å². The predicted octanol–water partition coefficient (Wildman–Crippen LogP) is 5.22. The van der Waals surface area contributed by atoms with Crippen LogP contribution < -0.4 is 0 Å². The van der Waals surface area contributed by atoms with Crippen LogP contribution >= 0.6 is 23.2 Å². The van der Waals surface area contributed by atoms with Crippen molar-refractivity contribution in [3.8, 4) is 11.3 Å². The van der Waals surface area contributed by atoms with Crippen molar-refractivity contribution in [2.24, 2.45) is 0 Å². The van der Waals surface area contributed by atoms with Crippen molar-refractivity contribution in [3.63, 3.8) is 0 Å². The van der Waals surface area contributed by atoms with Crippen LogP contribution in [0.1, 0.15) is 15.9 Å². The Bertz CT molecular complexity index is 892. The maximum absolute atomic E-state index is 11.8. The van der Waals surface area contributed by atoms with Gasteiger partial charge in [-0.15, -0.1) is 0 Å². The van der Waals surface area contributed by atoms with Crippen molar-refractivity contribution in [2.75, 3.05) is 0 Å². The van der Waals surface area contributed by atoms with E-state index in [-0.39, 0.29) is 10.6 Å². The summed E-state index contributed by atoms with van der Waals surface area (Å²) >= 11 is 12.2. The number of halogens is 2. The number of carboxylic acids is 1. The van der Waals surface area contributed by atoms with Gasteiger partial charge in [-0.3, -0.25) is 0 Å². The Morgan fingerprint density at radius 2 is 1.77 bits per heavy atom. The molecule has 0 spiro atoms. The molecule has 0 amide bonds.